The van der Waals surface area contributed by atoms with E-state index in [2.05, 4.69) is 129 Å². The maximum atomic E-state index is 3.64. The summed E-state index contributed by atoms with van der Waals surface area (Å²) in [6, 6.07) is 13.0. The molecule has 180 valence electrons. The van der Waals surface area contributed by atoms with E-state index < -0.39 is 0 Å². The number of aryl methyl sites for hydroxylation is 1. The number of anilines is 1. The van der Waals surface area contributed by atoms with E-state index in [0.29, 0.717) is 5.92 Å². The fraction of sp³-hybridized carbons (Fsp3) is 0.212. The number of H-pyrrole nitrogens is 1. The maximum Gasteiger partial charge on any atom is 0.0548 e. The standard InChI is InChI=1S/C33H38N2/c1-5-18-29-23-24-31(34-29)30-21-16-17-22-33(30)35(26-25-27(3)4)32(6-2)28-19-14-12-10-8-7-9-11-13-15-20-28/h6-17,19-27,34H,5,18H2,1-4H3/b8-7+,9-7?,10-8?,11-9-,12-10+,13-11?,14-12?,15-13-,19-14-,20-15?,26-25+,28-19?,28-20+,32-6-. The highest BCUT2D eigenvalue weighted by atomic mass is 15.1. The lowest BCUT2D eigenvalue weighted by Gasteiger charge is -2.27. The zero-order chi connectivity index (χ0) is 24.9. The number of rotatable bonds is 8. The average molecular weight is 463 g/mol. The van der Waals surface area contributed by atoms with Crippen molar-refractivity contribution in [3.05, 3.63) is 139 Å². The van der Waals surface area contributed by atoms with Gasteiger partial charge in [-0.15, -0.1) is 0 Å². The van der Waals surface area contributed by atoms with Crippen LogP contribution in [-0.4, -0.2) is 4.98 Å². The van der Waals surface area contributed by atoms with E-state index in [1.165, 1.54) is 11.3 Å². The third-order valence-corrected chi connectivity index (χ3v) is 5.61. The quantitative estimate of drug-likeness (QED) is 0.414. The van der Waals surface area contributed by atoms with E-state index >= 15 is 0 Å². The molecule has 1 aliphatic carbocycles. The van der Waals surface area contributed by atoms with Gasteiger partial charge in [0.2, 0.25) is 0 Å². The molecular formula is C33H38N2. The molecule has 0 saturated carbocycles. The number of aromatic nitrogens is 1. The molecule has 0 fully saturated rings. The van der Waals surface area contributed by atoms with Gasteiger partial charge in [0.25, 0.3) is 0 Å². The van der Waals surface area contributed by atoms with E-state index in [0.717, 1.165) is 35.5 Å². The Bertz CT molecular complexity index is 1190. The van der Waals surface area contributed by atoms with Crippen LogP contribution in [0.15, 0.2) is 133 Å². The number of nitrogens with one attached hydrogen (secondary N) is 1. The first kappa shape index (κ1) is 25.8. The first-order chi connectivity index (χ1) is 17.1. The summed E-state index contributed by atoms with van der Waals surface area (Å²) >= 11 is 0. The zero-order valence-corrected chi connectivity index (χ0v) is 21.5. The predicted octanol–water partition coefficient (Wildman–Crippen LogP) is 9.24. The minimum Gasteiger partial charge on any atom is -0.358 e. The van der Waals surface area contributed by atoms with Crippen LogP contribution in [0.25, 0.3) is 11.3 Å². The van der Waals surface area contributed by atoms with Crippen molar-refractivity contribution < 1.29 is 0 Å². The Hall–Kier alpha value is -3.78. The normalized spacial score (nSPS) is 20.5. The molecule has 1 aromatic heterocycles. The van der Waals surface area contributed by atoms with Crippen molar-refractivity contribution in [2.45, 2.75) is 40.5 Å². The third-order valence-electron chi connectivity index (χ3n) is 5.61. The highest BCUT2D eigenvalue weighted by Gasteiger charge is 2.17. The van der Waals surface area contributed by atoms with Gasteiger partial charge >= 0.3 is 0 Å². The molecule has 0 amide bonds. The van der Waals surface area contributed by atoms with Crippen molar-refractivity contribution in [3.63, 3.8) is 0 Å². The summed E-state index contributed by atoms with van der Waals surface area (Å²) in [5, 5.41) is 0. The third kappa shape index (κ3) is 7.61. The van der Waals surface area contributed by atoms with Gasteiger partial charge in [0, 0.05) is 28.8 Å². The Morgan fingerprint density at radius 1 is 0.886 bits per heavy atom. The monoisotopic (exact) mass is 462 g/mol. The molecule has 0 radical (unpaired) electrons. The molecule has 1 aromatic carbocycles. The first-order valence-electron chi connectivity index (χ1n) is 12.6. The maximum absolute atomic E-state index is 3.64. The fourth-order valence-electron chi connectivity index (χ4n) is 3.91. The highest BCUT2D eigenvalue weighted by molar-refractivity contribution is 5.80. The lowest BCUT2D eigenvalue weighted by Crippen LogP contribution is -2.18. The molecule has 1 heterocycles. The Morgan fingerprint density at radius 2 is 1.57 bits per heavy atom. The van der Waals surface area contributed by atoms with Crippen LogP contribution in [-0.2, 0) is 6.42 Å². The molecule has 2 aromatic rings. The Labute approximate surface area is 211 Å². The van der Waals surface area contributed by atoms with Crippen LogP contribution < -0.4 is 4.90 Å². The summed E-state index contributed by atoms with van der Waals surface area (Å²) in [6.45, 7) is 8.74. The molecule has 0 aliphatic heterocycles. The number of hydrogen-bond acceptors (Lipinski definition) is 1. The topological polar surface area (TPSA) is 19.0 Å². The van der Waals surface area contributed by atoms with Gasteiger partial charge in [-0.25, -0.2) is 0 Å². The van der Waals surface area contributed by atoms with Crippen molar-refractivity contribution in [1.82, 2.24) is 4.98 Å². The summed E-state index contributed by atoms with van der Waals surface area (Å²) in [7, 11) is 0. The van der Waals surface area contributed by atoms with Crippen molar-refractivity contribution in [2.75, 3.05) is 4.90 Å². The van der Waals surface area contributed by atoms with Crippen LogP contribution in [0.1, 0.15) is 39.8 Å². The predicted molar refractivity (Wildman–Crippen MR) is 154 cm³/mol. The smallest absolute Gasteiger partial charge is 0.0548 e. The van der Waals surface area contributed by atoms with Gasteiger partial charge in [-0.05, 0) is 43.0 Å². The van der Waals surface area contributed by atoms with E-state index in [9.17, 15) is 0 Å². The van der Waals surface area contributed by atoms with Crippen molar-refractivity contribution >= 4 is 5.69 Å². The zero-order valence-electron chi connectivity index (χ0n) is 21.5. The number of benzene rings is 1. The van der Waals surface area contributed by atoms with Gasteiger partial charge in [-0.3, -0.25) is 0 Å². The second-order valence-corrected chi connectivity index (χ2v) is 8.81. The summed E-state index contributed by atoms with van der Waals surface area (Å²) in [4.78, 5) is 5.95. The molecule has 0 spiro atoms. The summed E-state index contributed by atoms with van der Waals surface area (Å²) in [5.41, 5.74) is 7.00. The Balaban J connectivity index is 2.12. The van der Waals surface area contributed by atoms with Crippen LogP contribution in [0.2, 0.25) is 0 Å². The second-order valence-electron chi connectivity index (χ2n) is 8.81. The van der Waals surface area contributed by atoms with Gasteiger partial charge in [-0.2, -0.15) is 0 Å². The molecule has 1 N–H and O–H groups in total. The Morgan fingerprint density at radius 3 is 2.26 bits per heavy atom. The number of nitrogens with zero attached hydrogens (tertiary/aromatic N) is 1. The van der Waals surface area contributed by atoms with Gasteiger partial charge in [0.1, 0.15) is 0 Å². The first-order valence-corrected chi connectivity index (χ1v) is 12.6. The lowest BCUT2D eigenvalue weighted by atomic mass is 10.0. The molecule has 2 nitrogen and oxygen atoms in total. The van der Waals surface area contributed by atoms with Crippen LogP contribution in [0.5, 0.6) is 0 Å². The van der Waals surface area contributed by atoms with E-state index in [4.69, 9.17) is 0 Å². The minimum atomic E-state index is 0.435. The lowest BCUT2D eigenvalue weighted by molar-refractivity contribution is 0.826. The van der Waals surface area contributed by atoms with Crippen LogP contribution in [0.3, 0.4) is 0 Å². The average Bonchev–Trinajstić information content (AvgIpc) is 3.31. The largest absolute Gasteiger partial charge is 0.358 e. The molecule has 1 aliphatic rings. The van der Waals surface area contributed by atoms with Crippen LogP contribution in [0, 0.1) is 5.92 Å². The Kier molecular flexibility index (Phi) is 10.2. The van der Waals surface area contributed by atoms with Gasteiger partial charge in [0.05, 0.1) is 5.69 Å². The number of aromatic amines is 1. The number of allylic oxidation sites excluding steroid dienone is 13. The molecule has 2 heteroatoms. The molecule has 35 heavy (non-hydrogen) atoms. The van der Waals surface area contributed by atoms with E-state index in [1.54, 1.807) is 0 Å². The summed E-state index contributed by atoms with van der Waals surface area (Å²) in [6.07, 6.45) is 31.7. The van der Waals surface area contributed by atoms with E-state index in [1.807, 2.05) is 30.4 Å². The molecule has 0 saturated heterocycles. The molecular weight excluding hydrogens is 424 g/mol. The summed E-state index contributed by atoms with van der Waals surface area (Å²) < 4.78 is 0. The van der Waals surface area contributed by atoms with E-state index in [-0.39, 0.29) is 0 Å². The number of para-hydroxylation sites is 1. The molecule has 0 atom stereocenters. The number of hydrogen-bond donors (Lipinski definition) is 1. The van der Waals surface area contributed by atoms with Gasteiger partial charge in [0.15, 0.2) is 0 Å². The van der Waals surface area contributed by atoms with Crippen LogP contribution in [0.4, 0.5) is 5.69 Å². The fourth-order valence-corrected chi connectivity index (χ4v) is 3.91. The second kappa shape index (κ2) is 13.8. The minimum absolute atomic E-state index is 0.435. The molecule has 0 bridgehead atoms. The summed E-state index contributed by atoms with van der Waals surface area (Å²) in [5.74, 6) is 0.435. The van der Waals surface area contributed by atoms with Crippen molar-refractivity contribution in [2.24, 2.45) is 5.92 Å². The van der Waals surface area contributed by atoms with Gasteiger partial charge < -0.3 is 9.88 Å². The molecule has 0 unspecified atom stereocenters. The van der Waals surface area contributed by atoms with Gasteiger partial charge in [-0.1, -0.05) is 124 Å². The highest BCUT2D eigenvalue weighted by Crippen LogP contribution is 2.35. The van der Waals surface area contributed by atoms with Crippen molar-refractivity contribution in [1.29, 1.82) is 0 Å². The van der Waals surface area contributed by atoms with Crippen LogP contribution >= 0.6 is 0 Å². The van der Waals surface area contributed by atoms with Crippen molar-refractivity contribution in [3.8, 4) is 11.3 Å². The molecule has 3 rings (SSSR count). The SMILES string of the molecule is C/C=C(C1=C/C=C\C=C/C=C/C=C/C=C\1)\N(/C=C/C(C)C)c1ccccc1-c1ccc(CCC)[nH]1.